The summed E-state index contributed by atoms with van der Waals surface area (Å²) >= 11 is 0. The summed E-state index contributed by atoms with van der Waals surface area (Å²) < 4.78 is 0. The van der Waals surface area contributed by atoms with Gasteiger partial charge in [0.25, 0.3) is 11.8 Å². The van der Waals surface area contributed by atoms with E-state index in [0.29, 0.717) is 6.54 Å². The highest BCUT2D eigenvalue weighted by molar-refractivity contribution is 6.13. The third-order valence-electron chi connectivity index (χ3n) is 5.83. The van der Waals surface area contributed by atoms with Crippen molar-refractivity contribution in [3.8, 4) is 0 Å². The molecule has 2 unspecified atom stereocenters. The number of rotatable bonds is 14. The molecule has 2 atom stereocenters. The molecule has 0 saturated heterocycles. The van der Waals surface area contributed by atoms with Gasteiger partial charge in [-0.15, -0.1) is 0 Å². The second kappa shape index (κ2) is 15.3. The van der Waals surface area contributed by atoms with E-state index in [-0.39, 0.29) is 30.7 Å². The first-order chi connectivity index (χ1) is 19.2. The van der Waals surface area contributed by atoms with Crippen molar-refractivity contribution in [2.75, 3.05) is 26.2 Å². The van der Waals surface area contributed by atoms with Gasteiger partial charge in [0.15, 0.2) is 0 Å². The van der Waals surface area contributed by atoms with Crippen molar-refractivity contribution >= 4 is 41.4 Å². The van der Waals surface area contributed by atoms with Crippen molar-refractivity contribution in [2.24, 2.45) is 5.41 Å². The molecule has 222 valence electrons. The second-order valence-corrected chi connectivity index (χ2v) is 10.9. The fourth-order valence-corrected chi connectivity index (χ4v) is 3.72. The molecule has 0 bridgehead atoms. The summed E-state index contributed by atoms with van der Waals surface area (Å²) in [5.74, 6) is -3.82. The number of nitrogens with one attached hydrogen (secondary N) is 5. The largest absolute Gasteiger partial charge is 0.354 e. The van der Waals surface area contributed by atoms with Gasteiger partial charge in [0.05, 0.1) is 19.6 Å². The molecule has 13 nitrogen and oxygen atoms in total. The van der Waals surface area contributed by atoms with E-state index in [1.165, 1.54) is 6.92 Å². The number of hydrogen-bond acceptors (Lipinski definition) is 7. The van der Waals surface area contributed by atoms with Crippen molar-refractivity contribution < 1.29 is 33.6 Å². The summed E-state index contributed by atoms with van der Waals surface area (Å²) in [5.41, 5.74) is 0.653. The van der Waals surface area contributed by atoms with E-state index in [1.807, 2.05) is 26.8 Å². The van der Waals surface area contributed by atoms with Crippen molar-refractivity contribution in [3.05, 3.63) is 48.0 Å². The maximum Gasteiger partial charge on any atom is 0.253 e. The number of hydrogen-bond donors (Lipinski definition) is 5. The zero-order valence-electron chi connectivity index (χ0n) is 23.7. The Morgan fingerprint density at radius 1 is 0.756 bits per heavy atom. The molecule has 0 radical (unpaired) electrons. The minimum atomic E-state index is -1.01. The summed E-state index contributed by atoms with van der Waals surface area (Å²) in [7, 11) is 0. The normalized spacial score (nSPS) is 14.2. The topological polar surface area (TPSA) is 183 Å². The fourth-order valence-electron chi connectivity index (χ4n) is 3.72. The molecular formula is C28H38N6O7. The molecule has 1 aromatic carbocycles. The molecule has 1 aliphatic heterocycles. The van der Waals surface area contributed by atoms with Crippen molar-refractivity contribution in [1.82, 2.24) is 31.5 Å². The minimum Gasteiger partial charge on any atom is -0.354 e. The summed E-state index contributed by atoms with van der Waals surface area (Å²) in [5, 5.41) is 12.6. The third-order valence-corrected chi connectivity index (χ3v) is 5.83. The highest BCUT2D eigenvalue weighted by atomic mass is 16.2. The maximum absolute atomic E-state index is 12.8. The molecule has 0 spiro atoms. The molecular weight excluding hydrogens is 532 g/mol. The fraction of sp³-hybridized carbons (Fsp3) is 0.464. The minimum absolute atomic E-state index is 0.124. The Kier molecular flexibility index (Phi) is 12.2. The quantitative estimate of drug-likeness (QED) is 0.176. The number of carbonyl (C=O) groups is 7. The summed E-state index contributed by atoms with van der Waals surface area (Å²) in [6, 6.07) is 7.27. The average molecular weight is 571 g/mol. The van der Waals surface area contributed by atoms with Gasteiger partial charge < -0.3 is 26.6 Å². The number of nitrogens with zero attached hydrogens (tertiary/aromatic N) is 1. The summed E-state index contributed by atoms with van der Waals surface area (Å²) in [6.45, 7) is 6.70. The molecule has 1 aliphatic rings. The standard InChI is InChI=1S/C28H38N6O7/c1-18(34-25(39)10-11-26(34)40)12-21(35)29-14-22(36)30-16-24(38)33-20(13-19-8-6-5-7-9-19)27(41)31-15-23(37)32-17-28(2,3)4/h5-11,18,20H,12-17H2,1-4H3,(H,29,35)(H,30,36)(H,31,41)(H,32,37)(H,33,38). The van der Waals surface area contributed by atoms with Gasteiger partial charge in [0.1, 0.15) is 6.04 Å². The smallest absolute Gasteiger partial charge is 0.253 e. The van der Waals surface area contributed by atoms with Crippen LogP contribution in [0.2, 0.25) is 0 Å². The number of imide groups is 1. The molecule has 1 heterocycles. The lowest BCUT2D eigenvalue weighted by Crippen LogP contribution is -2.52. The van der Waals surface area contributed by atoms with Crippen molar-refractivity contribution in [3.63, 3.8) is 0 Å². The van der Waals surface area contributed by atoms with E-state index in [2.05, 4.69) is 26.6 Å². The first kappa shape index (κ1) is 32.7. The lowest BCUT2D eigenvalue weighted by atomic mass is 9.97. The highest BCUT2D eigenvalue weighted by Crippen LogP contribution is 2.12. The molecule has 7 amide bonds. The molecule has 0 aromatic heterocycles. The van der Waals surface area contributed by atoms with Crippen LogP contribution < -0.4 is 26.6 Å². The summed E-state index contributed by atoms with van der Waals surface area (Å²) in [4.78, 5) is 86.2. The van der Waals surface area contributed by atoms with Crippen molar-refractivity contribution in [1.29, 1.82) is 0 Å². The number of carbonyl (C=O) groups excluding carboxylic acids is 7. The van der Waals surface area contributed by atoms with Crippen LogP contribution >= 0.6 is 0 Å². The van der Waals surface area contributed by atoms with Gasteiger partial charge in [0, 0.05) is 37.6 Å². The van der Waals surface area contributed by atoms with Gasteiger partial charge >= 0.3 is 0 Å². The Hall–Kier alpha value is -4.55. The van der Waals surface area contributed by atoms with Gasteiger partial charge in [-0.25, -0.2) is 0 Å². The van der Waals surface area contributed by atoms with Crippen LogP contribution in [0.1, 0.15) is 39.7 Å². The zero-order chi connectivity index (χ0) is 30.6. The SMILES string of the molecule is CC(CC(=O)NCC(=O)NCC(=O)NC(Cc1ccccc1)C(=O)NCC(=O)NCC(C)(C)C)N1C(=O)C=CC1=O. The predicted octanol–water partition coefficient (Wildman–Crippen LogP) is -1.07. The molecule has 13 heteroatoms. The maximum atomic E-state index is 12.8. The van der Waals surface area contributed by atoms with Crippen LogP contribution in [0.4, 0.5) is 0 Å². The molecule has 0 fully saturated rings. The van der Waals surface area contributed by atoms with E-state index in [0.717, 1.165) is 22.6 Å². The van der Waals surface area contributed by atoms with Crippen LogP contribution in [0.3, 0.4) is 0 Å². The van der Waals surface area contributed by atoms with E-state index in [1.54, 1.807) is 24.3 Å². The van der Waals surface area contributed by atoms with Gasteiger partial charge in [-0.1, -0.05) is 51.1 Å². The lowest BCUT2D eigenvalue weighted by Gasteiger charge is -2.21. The average Bonchev–Trinajstić information content (AvgIpc) is 3.25. The molecule has 2 rings (SSSR count). The van der Waals surface area contributed by atoms with Crippen LogP contribution in [0.25, 0.3) is 0 Å². The zero-order valence-corrected chi connectivity index (χ0v) is 23.7. The molecule has 0 aliphatic carbocycles. The van der Waals surface area contributed by atoms with Crippen LogP contribution in [-0.4, -0.2) is 84.5 Å². The lowest BCUT2D eigenvalue weighted by molar-refractivity contribution is -0.140. The monoisotopic (exact) mass is 570 g/mol. The Balaban J connectivity index is 1.82. The van der Waals surface area contributed by atoms with E-state index in [4.69, 9.17) is 0 Å². The van der Waals surface area contributed by atoms with Crippen molar-refractivity contribution in [2.45, 2.75) is 52.6 Å². The number of benzene rings is 1. The molecule has 0 saturated carbocycles. The Labute approximate surface area is 238 Å². The van der Waals surface area contributed by atoms with Crippen LogP contribution in [0, 0.1) is 5.41 Å². The van der Waals surface area contributed by atoms with Gasteiger partial charge in [-0.2, -0.15) is 0 Å². The second-order valence-electron chi connectivity index (χ2n) is 10.9. The first-order valence-corrected chi connectivity index (χ1v) is 13.2. The number of amides is 7. The van der Waals surface area contributed by atoms with E-state index < -0.39 is 60.6 Å². The van der Waals surface area contributed by atoms with Crippen LogP contribution in [0.5, 0.6) is 0 Å². The Morgan fingerprint density at radius 2 is 1.29 bits per heavy atom. The highest BCUT2D eigenvalue weighted by Gasteiger charge is 2.29. The molecule has 1 aromatic rings. The molecule has 41 heavy (non-hydrogen) atoms. The van der Waals surface area contributed by atoms with E-state index >= 15 is 0 Å². The third kappa shape index (κ3) is 12.0. The predicted molar refractivity (Wildman–Crippen MR) is 149 cm³/mol. The first-order valence-electron chi connectivity index (χ1n) is 13.2. The van der Waals surface area contributed by atoms with Gasteiger partial charge in [-0.05, 0) is 17.9 Å². The summed E-state index contributed by atoms with van der Waals surface area (Å²) in [6.07, 6.45) is 2.20. The van der Waals surface area contributed by atoms with Crippen LogP contribution in [-0.2, 0) is 40.0 Å². The van der Waals surface area contributed by atoms with Gasteiger partial charge in [0.2, 0.25) is 29.5 Å². The Morgan fingerprint density at radius 3 is 1.90 bits per heavy atom. The Bertz CT molecular complexity index is 1160. The molecule has 5 N–H and O–H groups in total. The van der Waals surface area contributed by atoms with Gasteiger partial charge in [-0.3, -0.25) is 38.5 Å². The van der Waals surface area contributed by atoms with E-state index in [9.17, 15) is 33.6 Å². The van der Waals surface area contributed by atoms with Crippen LogP contribution in [0.15, 0.2) is 42.5 Å².